The van der Waals surface area contributed by atoms with Gasteiger partial charge >= 0.3 is 7.12 Å². The van der Waals surface area contributed by atoms with Crippen molar-refractivity contribution in [2.24, 2.45) is 0 Å². The number of aryl methyl sites for hydroxylation is 1. The molecule has 0 bridgehead atoms. The van der Waals surface area contributed by atoms with Crippen LogP contribution in [0.2, 0.25) is 0 Å². The lowest BCUT2D eigenvalue weighted by molar-refractivity contribution is 0.00578. The molecule has 1 aliphatic heterocycles. The summed E-state index contributed by atoms with van der Waals surface area (Å²) < 4.78 is 13.6. The molecule has 0 N–H and O–H groups in total. The van der Waals surface area contributed by atoms with E-state index in [1.807, 2.05) is 46.9 Å². The van der Waals surface area contributed by atoms with Gasteiger partial charge < -0.3 is 9.31 Å². The molecule has 2 aromatic heterocycles. The van der Waals surface area contributed by atoms with Crippen LogP contribution in [0.3, 0.4) is 0 Å². The van der Waals surface area contributed by atoms with Crippen LogP contribution in [0.25, 0.3) is 5.95 Å². The van der Waals surface area contributed by atoms with E-state index in [2.05, 4.69) is 15.1 Å². The van der Waals surface area contributed by atoms with E-state index in [-0.39, 0.29) is 11.2 Å². The van der Waals surface area contributed by atoms with E-state index < -0.39 is 7.12 Å². The number of hydrogen-bond acceptors (Lipinski definition) is 5. The van der Waals surface area contributed by atoms with Crippen molar-refractivity contribution in [3.8, 4) is 5.95 Å². The summed E-state index contributed by atoms with van der Waals surface area (Å²) in [7, 11) is -0.441. The van der Waals surface area contributed by atoms with E-state index in [4.69, 9.17) is 9.31 Å². The summed E-state index contributed by atoms with van der Waals surface area (Å²) in [6.45, 7) is 10.0. The third kappa shape index (κ3) is 2.47. The second-order valence-electron chi connectivity index (χ2n) is 6.31. The molecule has 0 spiro atoms. The minimum atomic E-state index is -0.441. The smallest absolute Gasteiger partial charge is 0.399 e. The lowest BCUT2D eigenvalue weighted by atomic mass is 9.81. The monoisotopic (exact) mass is 286 g/mol. The van der Waals surface area contributed by atoms with Gasteiger partial charge in [0.15, 0.2) is 0 Å². The first kappa shape index (κ1) is 14.2. The van der Waals surface area contributed by atoms with Crippen LogP contribution in [0.5, 0.6) is 0 Å². The average molecular weight is 286 g/mol. The van der Waals surface area contributed by atoms with Crippen molar-refractivity contribution in [1.82, 2.24) is 19.7 Å². The summed E-state index contributed by atoms with van der Waals surface area (Å²) in [4.78, 5) is 8.66. The molecule has 3 heterocycles. The Balaban J connectivity index is 1.83. The first-order chi connectivity index (χ1) is 9.78. The van der Waals surface area contributed by atoms with Gasteiger partial charge in [0.25, 0.3) is 0 Å². The Morgan fingerprint density at radius 1 is 1.05 bits per heavy atom. The van der Waals surface area contributed by atoms with Crippen molar-refractivity contribution in [3.63, 3.8) is 0 Å². The summed E-state index contributed by atoms with van der Waals surface area (Å²) in [6.07, 6.45) is 5.28. The van der Waals surface area contributed by atoms with Gasteiger partial charge in [-0.3, -0.25) is 0 Å². The maximum Gasteiger partial charge on any atom is 0.498 e. The van der Waals surface area contributed by atoms with E-state index in [9.17, 15) is 0 Å². The van der Waals surface area contributed by atoms with Gasteiger partial charge in [0.2, 0.25) is 5.95 Å². The highest BCUT2D eigenvalue weighted by atomic mass is 16.7. The molecule has 110 valence electrons. The van der Waals surface area contributed by atoms with Gasteiger partial charge in [0.05, 0.1) is 16.9 Å². The van der Waals surface area contributed by atoms with E-state index in [1.54, 1.807) is 17.1 Å². The maximum atomic E-state index is 5.98. The Hall–Kier alpha value is -1.73. The molecule has 0 aromatic carbocycles. The maximum absolute atomic E-state index is 5.98. The summed E-state index contributed by atoms with van der Waals surface area (Å²) in [5.74, 6) is 0.531. The number of hydrogen-bond donors (Lipinski definition) is 0. The number of aromatic nitrogens is 4. The first-order valence-corrected chi connectivity index (χ1v) is 6.99. The molecule has 3 rings (SSSR count). The molecule has 6 nitrogen and oxygen atoms in total. The molecule has 0 radical (unpaired) electrons. The highest BCUT2D eigenvalue weighted by Crippen LogP contribution is 2.36. The molecule has 0 unspecified atom stereocenters. The van der Waals surface area contributed by atoms with E-state index in [1.165, 1.54) is 0 Å². The van der Waals surface area contributed by atoms with Crippen LogP contribution in [0.15, 0.2) is 24.7 Å². The molecular weight excluding hydrogens is 267 g/mol. The second-order valence-corrected chi connectivity index (χ2v) is 6.31. The molecule has 7 heteroatoms. The summed E-state index contributed by atoms with van der Waals surface area (Å²) in [6, 6.07) is 1.91. The fourth-order valence-electron chi connectivity index (χ4n) is 2.08. The zero-order chi connectivity index (χ0) is 15.3. The number of rotatable bonds is 2. The molecule has 0 aliphatic carbocycles. The molecule has 1 fully saturated rings. The minimum absolute atomic E-state index is 0.366. The fourth-order valence-corrected chi connectivity index (χ4v) is 2.08. The molecule has 1 aliphatic rings. The van der Waals surface area contributed by atoms with Gasteiger partial charge in [-0.1, -0.05) is 0 Å². The van der Waals surface area contributed by atoms with Crippen LogP contribution in [0.1, 0.15) is 33.4 Å². The molecule has 0 saturated carbocycles. The zero-order valence-electron chi connectivity index (χ0n) is 13.0. The first-order valence-electron chi connectivity index (χ1n) is 6.99. The van der Waals surface area contributed by atoms with Crippen molar-refractivity contribution in [1.29, 1.82) is 0 Å². The quantitative estimate of drug-likeness (QED) is 0.778. The highest BCUT2D eigenvalue weighted by molar-refractivity contribution is 6.61. The third-order valence-corrected chi connectivity index (χ3v) is 4.11. The molecule has 1 saturated heterocycles. The average Bonchev–Trinajstić information content (AvgIpc) is 2.92. The Bertz CT molecular complexity index is 635. The van der Waals surface area contributed by atoms with Gasteiger partial charge in [-0.05, 0) is 40.7 Å². The summed E-state index contributed by atoms with van der Waals surface area (Å²) in [5.41, 5.74) is 1.00. The lowest BCUT2D eigenvalue weighted by Crippen LogP contribution is -2.41. The molecule has 0 amide bonds. The predicted octanol–water partition coefficient (Wildman–Crippen LogP) is 1.27. The van der Waals surface area contributed by atoms with Gasteiger partial charge in [-0.2, -0.15) is 5.10 Å². The Labute approximate surface area is 124 Å². The molecular formula is C14H19BN4O2. The van der Waals surface area contributed by atoms with Gasteiger partial charge in [0.1, 0.15) is 0 Å². The Morgan fingerprint density at radius 3 is 2.10 bits per heavy atom. The highest BCUT2D eigenvalue weighted by Gasteiger charge is 2.51. The minimum Gasteiger partial charge on any atom is -0.399 e. The van der Waals surface area contributed by atoms with Crippen molar-refractivity contribution in [3.05, 3.63) is 30.4 Å². The van der Waals surface area contributed by atoms with Crippen LogP contribution in [-0.4, -0.2) is 38.1 Å². The van der Waals surface area contributed by atoms with E-state index in [0.717, 1.165) is 11.2 Å². The number of nitrogens with zero attached hydrogens (tertiary/aromatic N) is 4. The van der Waals surface area contributed by atoms with Crippen LogP contribution >= 0.6 is 0 Å². The Morgan fingerprint density at radius 2 is 1.62 bits per heavy atom. The van der Waals surface area contributed by atoms with Gasteiger partial charge in [0, 0.05) is 24.1 Å². The largest absolute Gasteiger partial charge is 0.498 e. The molecule has 0 atom stereocenters. The van der Waals surface area contributed by atoms with Crippen molar-refractivity contribution < 1.29 is 9.31 Å². The topological polar surface area (TPSA) is 62.1 Å². The van der Waals surface area contributed by atoms with Crippen LogP contribution in [0.4, 0.5) is 0 Å². The second kappa shape index (κ2) is 4.64. The normalized spacial score (nSPS) is 20.0. The van der Waals surface area contributed by atoms with Gasteiger partial charge in [-0.25, -0.2) is 14.6 Å². The predicted molar refractivity (Wildman–Crippen MR) is 79.6 cm³/mol. The van der Waals surface area contributed by atoms with Gasteiger partial charge in [-0.15, -0.1) is 0 Å². The standard InChI is InChI=1S/C14H19BN4O2/c1-10-6-7-19(18-10)12-16-8-11(9-17-12)15-20-13(2,3)14(4,5)21-15/h6-9H,1-5H3. The lowest BCUT2D eigenvalue weighted by Gasteiger charge is -2.32. The third-order valence-electron chi connectivity index (χ3n) is 4.11. The van der Waals surface area contributed by atoms with Crippen molar-refractivity contribution in [2.45, 2.75) is 45.8 Å². The SMILES string of the molecule is Cc1ccn(-c2ncc(B3OC(C)(C)C(C)(C)O3)cn2)n1. The van der Waals surface area contributed by atoms with E-state index >= 15 is 0 Å². The molecule has 21 heavy (non-hydrogen) atoms. The van der Waals surface area contributed by atoms with Crippen molar-refractivity contribution >= 4 is 12.6 Å². The van der Waals surface area contributed by atoms with Crippen LogP contribution < -0.4 is 5.46 Å². The van der Waals surface area contributed by atoms with Crippen LogP contribution in [0, 0.1) is 6.92 Å². The fraction of sp³-hybridized carbons (Fsp3) is 0.500. The summed E-state index contributed by atoms with van der Waals surface area (Å²) >= 11 is 0. The summed E-state index contributed by atoms with van der Waals surface area (Å²) in [5, 5.41) is 4.28. The molecule has 2 aromatic rings. The van der Waals surface area contributed by atoms with Crippen molar-refractivity contribution in [2.75, 3.05) is 0 Å². The zero-order valence-corrected chi connectivity index (χ0v) is 13.0. The van der Waals surface area contributed by atoms with Crippen LogP contribution in [-0.2, 0) is 9.31 Å². The van der Waals surface area contributed by atoms with E-state index in [0.29, 0.717) is 5.95 Å². The Kier molecular flexibility index (Phi) is 3.14.